The van der Waals surface area contributed by atoms with Crippen LogP contribution in [0.15, 0.2) is 24.3 Å². The zero-order valence-corrected chi connectivity index (χ0v) is 11.5. The second-order valence-corrected chi connectivity index (χ2v) is 5.33. The van der Waals surface area contributed by atoms with Gasteiger partial charge in [0.15, 0.2) is 0 Å². The highest BCUT2D eigenvalue weighted by molar-refractivity contribution is 5.25. The second kappa shape index (κ2) is 6.14. The smallest absolute Gasteiger partial charge is 0.378 e. The Morgan fingerprint density at radius 2 is 1.95 bits per heavy atom. The summed E-state index contributed by atoms with van der Waals surface area (Å²) in [5, 5.41) is 0. The van der Waals surface area contributed by atoms with Crippen LogP contribution in [0.25, 0.3) is 0 Å². The predicted octanol–water partition coefficient (Wildman–Crippen LogP) is 3.39. The van der Waals surface area contributed by atoms with E-state index in [-0.39, 0.29) is 12.1 Å². The van der Waals surface area contributed by atoms with Gasteiger partial charge in [-0.1, -0.05) is 19.1 Å². The number of benzene rings is 1. The molecule has 0 spiro atoms. The molecule has 2 N–H and O–H groups in total. The molecule has 1 saturated heterocycles. The summed E-state index contributed by atoms with van der Waals surface area (Å²) in [5.41, 5.74) is 6.42. The highest BCUT2D eigenvalue weighted by Gasteiger charge is 2.32. The van der Waals surface area contributed by atoms with Crippen molar-refractivity contribution in [2.24, 2.45) is 11.7 Å². The lowest BCUT2D eigenvalue weighted by Crippen LogP contribution is -2.36. The minimum Gasteiger partial charge on any atom is -0.378 e. The minimum atomic E-state index is -4.28. The van der Waals surface area contributed by atoms with E-state index >= 15 is 0 Å². The number of hydrogen-bond donors (Lipinski definition) is 1. The number of rotatable bonds is 4. The Bertz CT molecular complexity index is 430. The molecule has 5 heteroatoms. The molecule has 20 heavy (non-hydrogen) atoms. The third-order valence-electron chi connectivity index (χ3n) is 3.97. The van der Waals surface area contributed by atoms with Gasteiger partial charge in [-0.2, -0.15) is 13.2 Å². The molecule has 0 amide bonds. The molecule has 3 atom stereocenters. The largest absolute Gasteiger partial charge is 0.416 e. The molecular formula is C15H20F3NO. The van der Waals surface area contributed by atoms with Crippen LogP contribution in [0.3, 0.4) is 0 Å². The van der Waals surface area contributed by atoms with Crippen molar-refractivity contribution in [1.29, 1.82) is 0 Å². The van der Waals surface area contributed by atoms with Crippen molar-refractivity contribution >= 4 is 0 Å². The molecule has 112 valence electrons. The summed E-state index contributed by atoms with van der Waals surface area (Å²) in [6.45, 7) is 2.79. The standard InChI is InChI=1S/C15H20F3NO/c1-2-14-12(7-8-20-14)13(19)9-10-3-5-11(6-4-10)15(16,17)18/h3-6,12-14H,2,7-9,19H2,1H3. The van der Waals surface area contributed by atoms with Crippen molar-refractivity contribution in [2.75, 3.05) is 6.61 Å². The van der Waals surface area contributed by atoms with Gasteiger partial charge in [0.05, 0.1) is 11.7 Å². The van der Waals surface area contributed by atoms with Crippen LogP contribution in [0.1, 0.15) is 30.9 Å². The number of nitrogens with two attached hydrogens (primary N) is 1. The van der Waals surface area contributed by atoms with Gasteiger partial charge in [-0.15, -0.1) is 0 Å². The molecule has 1 heterocycles. The topological polar surface area (TPSA) is 35.2 Å². The molecule has 1 aliphatic heterocycles. The summed E-state index contributed by atoms with van der Waals surface area (Å²) >= 11 is 0. The summed E-state index contributed by atoms with van der Waals surface area (Å²) in [5.74, 6) is 0.294. The molecule has 1 fully saturated rings. The van der Waals surface area contributed by atoms with Crippen LogP contribution in [0.2, 0.25) is 0 Å². The quantitative estimate of drug-likeness (QED) is 0.921. The van der Waals surface area contributed by atoms with Crippen molar-refractivity contribution in [1.82, 2.24) is 0 Å². The lowest BCUT2D eigenvalue weighted by Gasteiger charge is -2.23. The van der Waals surface area contributed by atoms with Gasteiger partial charge in [0.1, 0.15) is 0 Å². The Morgan fingerprint density at radius 3 is 2.50 bits per heavy atom. The van der Waals surface area contributed by atoms with E-state index in [0.29, 0.717) is 12.3 Å². The first-order valence-corrected chi connectivity index (χ1v) is 6.95. The average Bonchev–Trinajstić information content (AvgIpc) is 2.86. The number of ether oxygens (including phenoxy) is 1. The maximum Gasteiger partial charge on any atom is 0.416 e. The zero-order chi connectivity index (χ0) is 14.8. The summed E-state index contributed by atoms with van der Waals surface area (Å²) in [4.78, 5) is 0. The van der Waals surface area contributed by atoms with E-state index in [1.165, 1.54) is 12.1 Å². The SMILES string of the molecule is CCC1OCCC1C(N)Cc1ccc(C(F)(F)F)cc1. The normalized spacial score (nSPS) is 24.9. The van der Waals surface area contributed by atoms with E-state index in [4.69, 9.17) is 10.5 Å². The Balaban J connectivity index is 1.99. The monoisotopic (exact) mass is 287 g/mol. The van der Waals surface area contributed by atoms with Crippen LogP contribution in [0.5, 0.6) is 0 Å². The van der Waals surface area contributed by atoms with Gasteiger partial charge in [0, 0.05) is 18.6 Å². The van der Waals surface area contributed by atoms with Crippen LogP contribution >= 0.6 is 0 Å². The molecule has 1 aromatic rings. The molecule has 0 saturated carbocycles. The van der Waals surface area contributed by atoms with Gasteiger partial charge in [0.2, 0.25) is 0 Å². The van der Waals surface area contributed by atoms with Crippen LogP contribution in [-0.4, -0.2) is 18.8 Å². The van der Waals surface area contributed by atoms with Crippen LogP contribution < -0.4 is 5.73 Å². The fraction of sp³-hybridized carbons (Fsp3) is 0.600. The van der Waals surface area contributed by atoms with Crippen molar-refractivity contribution in [2.45, 2.75) is 44.5 Å². The molecule has 0 bridgehead atoms. The van der Waals surface area contributed by atoms with Crippen LogP contribution in [0.4, 0.5) is 13.2 Å². The van der Waals surface area contributed by atoms with Gasteiger partial charge in [0.25, 0.3) is 0 Å². The van der Waals surface area contributed by atoms with Crippen molar-refractivity contribution in [3.8, 4) is 0 Å². The van der Waals surface area contributed by atoms with E-state index < -0.39 is 11.7 Å². The maximum absolute atomic E-state index is 12.5. The minimum absolute atomic E-state index is 0.0702. The summed E-state index contributed by atoms with van der Waals surface area (Å²) in [6.07, 6.45) is -1.67. The third kappa shape index (κ3) is 3.52. The van der Waals surface area contributed by atoms with Gasteiger partial charge in [-0.3, -0.25) is 0 Å². The van der Waals surface area contributed by atoms with Crippen LogP contribution in [-0.2, 0) is 17.3 Å². The lowest BCUT2D eigenvalue weighted by molar-refractivity contribution is -0.137. The first-order chi connectivity index (χ1) is 9.41. The number of alkyl halides is 3. The number of hydrogen-bond acceptors (Lipinski definition) is 2. The van der Waals surface area contributed by atoms with Crippen molar-refractivity contribution < 1.29 is 17.9 Å². The van der Waals surface area contributed by atoms with E-state index in [9.17, 15) is 13.2 Å². The van der Waals surface area contributed by atoms with Crippen LogP contribution in [0, 0.1) is 5.92 Å². The van der Waals surface area contributed by atoms with E-state index in [0.717, 1.165) is 37.1 Å². The highest BCUT2D eigenvalue weighted by atomic mass is 19.4. The van der Waals surface area contributed by atoms with E-state index in [2.05, 4.69) is 6.92 Å². The highest BCUT2D eigenvalue weighted by Crippen LogP contribution is 2.30. The molecule has 2 rings (SSSR count). The molecule has 0 aromatic heterocycles. The fourth-order valence-electron chi connectivity index (χ4n) is 2.83. The first-order valence-electron chi connectivity index (χ1n) is 6.95. The van der Waals surface area contributed by atoms with E-state index in [1.807, 2.05) is 0 Å². The average molecular weight is 287 g/mol. The van der Waals surface area contributed by atoms with Crippen molar-refractivity contribution in [3.63, 3.8) is 0 Å². The Hall–Kier alpha value is -1.07. The second-order valence-electron chi connectivity index (χ2n) is 5.33. The summed E-state index contributed by atoms with van der Waals surface area (Å²) in [6, 6.07) is 5.19. The Kier molecular flexibility index (Phi) is 4.70. The third-order valence-corrected chi connectivity index (χ3v) is 3.97. The maximum atomic E-state index is 12.5. The fourth-order valence-corrected chi connectivity index (χ4v) is 2.83. The molecule has 1 aromatic carbocycles. The predicted molar refractivity (Wildman–Crippen MR) is 71.3 cm³/mol. The van der Waals surface area contributed by atoms with Gasteiger partial charge >= 0.3 is 6.18 Å². The molecule has 0 aliphatic carbocycles. The Morgan fingerprint density at radius 1 is 1.30 bits per heavy atom. The summed E-state index contributed by atoms with van der Waals surface area (Å²) < 4.78 is 43.1. The summed E-state index contributed by atoms with van der Waals surface area (Å²) in [7, 11) is 0. The molecule has 0 radical (unpaired) electrons. The molecular weight excluding hydrogens is 267 g/mol. The Labute approximate surface area is 117 Å². The zero-order valence-electron chi connectivity index (χ0n) is 11.5. The van der Waals surface area contributed by atoms with E-state index in [1.54, 1.807) is 0 Å². The van der Waals surface area contributed by atoms with Gasteiger partial charge in [-0.05, 0) is 37.0 Å². The molecule has 1 aliphatic rings. The van der Waals surface area contributed by atoms with Gasteiger partial charge < -0.3 is 10.5 Å². The van der Waals surface area contributed by atoms with Crippen molar-refractivity contribution in [3.05, 3.63) is 35.4 Å². The molecule has 3 unspecified atom stereocenters. The lowest BCUT2D eigenvalue weighted by atomic mass is 9.88. The van der Waals surface area contributed by atoms with Gasteiger partial charge in [-0.25, -0.2) is 0 Å². The molecule has 2 nitrogen and oxygen atoms in total. The number of halogens is 3. The first kappa shape index (κ1) is 15.3.